The fourth-order valence-electron chi connectivity index (χ4n) is 5.75. The molecule has 0 spiro atoms. The fourth-order valence-corrected chi connectivity index (χ4v) is 10.4. The molecule has 0 aliphatic rings. The lowest BCUT2D eigenvalue weighted by Crippen LogP contribution is -2.66. The van der Waals surface area contributed by atoms with E-state index in [-0.39, 0.29) is 16.2 Å². The summed E-state index contributed by atoms with van der Waals surface area (Å²) in [6, 6.07) is 29.2. The molecule has 0 aliphatic carbocycles. The molecule has 1 atom stereocenters. The van der Waals surface area contributed by atoms with Crippen LogP contribution in [0, 0.1) is 5.41 Å². The monoisotopic (exact) mass is 604 g/mol. The Kier molecular flexibility index (Phi) is 13.2. The van der Waals surface area contributed by atoms with Crippen LogP contribution in [0.1, 0.15) is 78.7 Å². The van der Waals surface area contributed by atoms with E-state index in [0.717, 1.165) is 37.0 Å². The van der Waals surface area contributed by atoms with Crippen molar-refractivity contribution in [1.29, 1.82) is 0 Å². The summed E-state index contributed by atoms with van der Waals surface area (Å²) in [5.74, 6) is 0.709. The van der Waals surface area contributed by atoms with Crippen LogP contribution in [0.3, 0.4) is 0 Å². The Hall–Kier alpha value is -2.77. The number of unbranched alkanes of at least 4 members (excludes halogenated alkanes) is 3. The minimum absolute atomic E-state index is 0.0331. The number of ether oxygens (including phenoxy) is 2. The Balaban J connectivity index is 1.41. The average molecular weight is 605 g/mol. The molecule has 1 unspecified atom stereocenters. The lowest BCUT2D eigenvalue weighted by Gasteiger charge is -2.43. The number of hydrogen-bond acceptors (Lipinski definition) is 5. The van der Waals surface area contributed by atoms with Gasteiger partial charge < -0.3 is 19.0 Å². The van der Waals surface area contributed by atoms with Gasteiger partial charge in [-0.3, -0.25) is 4.79 Å². The van der Waals surface area contributed by atoms with Crippen molar-refractivity contribution >= 4 is 24.5 Å². The molecule has 5 nitrogen and oxygen atoms in total. The molecule has 0 saturated heterocycles. The predicted molar refractivity (Wildman–Crippen MR) is 179 cm³/mol. The largest absolute Gasteiger partial charge is 0.497 e. The third kappa shape index (κ3) is 10.1. The molecule has 0 saturated carbocycles. The number of rotatable bonds is 18. The first-order valence-electron chi connectivity index (χ1n) is 15.6. The number of methoxy groups -OCH3 is 1. The number of Topliss-reactive ketones (excluding diaryl/α,β-unsaturated/α-hetero) is 1. The zero-order valence-electron chi connectivity index (χ0n) is 27.1. The molecule has 0 aromatic heterocycles. The van der Waals surface area contributed by atoms with E-state index in [0.29, 0.717) is 32.7 Å². The van der Waals surface area contributed by atoms with Crippen molar-refractivity contribution < 1.29 is 23.8 Å². The van der Waals surface area contributed by atoms with Crippen LogP contribution in [0.15, 0.2) is 84.9 Å². The van der Waals surface area contributed by atoms with Crippen LogP contribution in [-0.4, -0.2) is 45.6 Å². The highest BCUT2D eigenvalue weighted by molar-refractivity contribution is 6.99. The molecule has 0 radical (unpaired) electrons. The number of ketones is 1. The summed E-state index contributed by atoms with van der Waals surface area (Å²) in [4.78, 5) is 12.8. The molecule has 43 heavy (non-hydrogen) atoms. The number of benzene rings is 3. The summed E-state index contributed by atoms with van der Waals surface area (Å²) in [6.07, 6.45) is 3.61. The molecule has 234 valence electrons. The smallest absolute Gasteiger partial charge is 0.261 e. The normalized spacial score (nSPS) is 13.1. The van der Waals surface area contributed by atoms with E-state index in [2.05, 4.69) is 81.4 Å². The molecule has 6 heteroatoms. The van der Waals surface area contributed by atoms with Crippen molar-refractivity contribution in [2.24, 2.45) is 5.41 Å². The summed E-state index contributed by atoms with van der Waals surface area (Å²) in [5, 5.41) is 13.1. The molecule has 0 heterocycles. The second-order valence-corrected chi connectivity index (χ2v) is 17.7. The Bertz CT molecular complexity index is 1180. The van der Waals surface area contributed by atoms with Crippen LogP contribution >= 0.6 is 0 Å². The number of aliphatic hydroxyl groups is 1. The summed E-state index contributed by atoms with van der Waals surface area (Å²) in [5.41, 5.74) is 0.711. The Morgan fingerprint density at radius 2 is 1.35 bits per heavy atom. The number of hydrogen-bond donors (Lipinski definition) is 1. The lowest BCUT2D eigenvalue weighted by atomic mass is 9.86. The first-order valence-corrected chi connectivity index (χ1v) is 17.6. The highest BCUT2D eigenvalue weighted by atomic mass is 28.4. The first kappa shape index (κ1) is 34.7. The van der Waals surface area contributed by atoms with Gasteiger partial charge in [-0.15, -0.1) is 0 Å². The first-order chi connectivity index (χ1) is 20.5. The molecule has 1 N–H and O–H groups in total. The van der Waals surface area contributed by atoms with Gasteiger partial charge in [0.2, 0.25) is 0 Å². The minimum Gasteiger partial charge on any atom is -0.497 e. The van der Waals surface area contributed by atoms with Crippen molar-refractivity contribution in [2.45, 2.75) is 90.9 Å². The number of carbonyl (C=O) groups is 1. The average Bonchev–Trinajstić information content (AvgIpc) is 2.98. The van der Waals surface area contributed by atoms with E-state index in [9.17, 15) is 9.90 Å². The lowest BCUT2D eigenvalue weighted by molar-refractivity contribution is -0.130. The summed E-state index contributed by atoms with van der Waals surface area (Å²) < 4.78 is 18.1. The molecule has 3 aromatic carbocycles. The fraction of sp³-hybridized carbons (Fsp3) is 0.486. The van der Waals surface area contributed by atoms with Crippen LogP contribution in [0.2, 0.25) is 5.04 Å². The van der Waals surface area contributed by atoms with Gasteiger partial charge in [0.15, 0.2) is 5.78 Å². The van der Waals surface area contributed by atoms with Gasteiger partial charge in [-0.25, -0.2) is 0 Å². The van der Waals surface area contributed by atoms with Gasteiger partial charge in [0, 0.05) is 13.0 Å². The van der Waals surface area contributed by atoms with Crippen molar-refractivity contribution in [3.63, 3.8) is 0 Å². The van der Waals surface area contributed by atoms with Crippen molar-refractivity contribution in [3.05, 3.63) is 90.5 Å². The van der Waals surface area contributed by atoms with Crippen LogP contribution in [0.4, 0.5) is 0 Å². The summed E-state index contributed by atoms with van der Waals surface area (Å²) >= 11 is 0. The van der Waals surface area contributed by atoms with Gasteiger partial charge in [-0.05, 0) is 51.4 Å². The maximum atomic E-state index is 12.8. The molecular formula is C37H52O5Si. The highest BCUT2D eigenvalue weighted by Gasteiger charge is 2.49. The van der Waals surface area contributed by atoms with Crippen molar-refractivity contribution in [3.8, 4) is 5.75 Å². The molecule has 3 aromatic rings. The SMILES string of the molecule is COc1ccc(COCC(C)(C)CC(=O)C(O)CCCCCCO[Si](c2ccccc2)(c2ccccc2)C(C)(C)C)cc1. The Labute approximate surface area is 260 Å². The highest BCUT2D eigenvalue weighted by Crippen LogP contribution is 2.37. The standard InChI is InChI=1S/C37H52O5Si/c1-36(2,3)43(32-17-11-9-12-18-32,33-19-13-10-14-20-33)42-26-16-8-7-15-21-34(38)35(39)27-37(4,5)29-41-28-30-22-24-31(40-6)25-23-30/h9-14,17-20,22-25,34,38H,7-8,15-16,21,26-29H2,1-6H3. The van der Waals surface area contributed by atoms with Gasteiger partial charge in [-0.2, -0.15) is 0 Å². The van der Waals surface area contributed by atoms with Crippen molar-refractivity contribution in [1.82, 2.24) is 0 Å². The summed E-state index contributed by atoms with van der Waals surface area (Å²) in [6.45, 7) is 12.5. The van der Waals surface area contributed by atoms with E-state index in [4.69, 9.17) is 13.9 Å². The zero-order chi connectivity index (χ0) is 31.3. The van der Waals surface area contributed by atoms with E-state index in [1.165, 1.54) is 10.4 Å². The quantitative estimate of drug-likeness (QED) is 0.124. The van der Waals surface area contributed by atoms with Gasteiger partial charge in [0.25, 0.3) is 8.32 Å². The predicted octanol–water partition coefficient (Wildman–Crippen LogP) is 7.09. The van der Waals surface area contributed by atoms with Gasteiger partial charge in [0.05, 0.1) is 20.3 Å². The van der Waals surface area contributed by atoms with Gasteiger partial charge in [-0.1, -0.05) is 127 Å². The molecule has 0 aliphatic heterocycles. The zero-order valence-corrected chi connectivity index (χ0v) is 28.1. The topological polar surface area (TPSA) is 65.0 Å². The molecule has 0 amide bonds. The van der Waals surface area contributed by atoms with Crippen LogP contribution in [0.5, 0.6) is 5.75 Å². The number of carbonyl (C=O) groups excluding carboxylic acids is 1. The molecular weight excluding hydrogens is 552 g/mol. The maximum Gasteiger partial charge on any atom is 0.261 e. The minimum atomic E-state index is -2.51. The molecule has 0 bridgehead atoms. The van der Waals surface area contributed by atoms with Crippen LogP contribution < -0.4 is 15.1 Å². The Morgan fingerprint density at radius 3 is 1.88 bits per heavy atom. The Morgan fingerprint density at radius 1 is 0.791 bits per heavy atom. The molecule has 0 fully saturated rings. The summed E-state index contributed by atoms with van der Waals surface area (Å²) in [7, 11) is -0.861. The van der Waals surface area contributed by atoms with Crippen molar-refractivity contribution in [2.75, 3.05) is 20.3 Å². The third-order valence-electron chi connectivity index (χ3n) is 8.05. The van der Waals surface area contributed by atoms with Crippen LogP contribution in [0.25, 0.3) is 0 Å². The van der Waals surface area contributed by atoms with E-state index in [1.807, 2.05) is 38.1 Å². The van der Waals surface area contributed by atoms with Gasteiger partial charge >= 0.3 is 0 Å². The van der Waals surface area contributed by atoms with E-state index in [1.54, 1.807) is 7.11 Å². The van der Waals surface area contributed by atoms with E-state index >= 15 is 0 Å². The number of aliphatic hydroxyl groups excluding tert-OH is 1. The molecule has 3 rings (SSSR count). The third-order valence-corrected chi connectivity index (χ3v) is 13.1. The second kappa shape index (κ2) is 16.3. The maximum absolute atomic E-state index is 12.8. The van der Waals surface area contributed by atoms with Crippen LogP contribution in [-0.2, 0) is 20.6 Å². The van der Waals surface area contributed by atoms with Gasteiger partial charge in [0.1, 0.15) is 11.9 Å². The second-order valence-electron chi connectivity index (χ2n) is 13.4. The van der Waals surface area contributed by atoms with E-state index < -0.39 is 14.4 Å².